The highest BCUT2D eigenvalue weighted by molar-refractivity contribution is 7.15. The predicted molar refractivity (Wildman–Crippen MR) is 83.8 cm³/mol. The van der Waals surface area contributed by atoms with Crippen molar-refractivity contribution in [1.82, 2.24) is 25.2 Å². The first-order valence-electron chi connectivity index (χ1n) is 6.63. The Kier molecular flexibility index (Phi) is 3.68. The van der Waals surface area contributed by atoms with Crippen molar-refractivity contribution in [3.8, 4) is 11.4 Å². The molecule has 3 rings (SSSR count). The number of aromatic nitrogens is 5. The Hall–Kier alpha value is -2.61. The van der Waals surface area contributed by atoms with Gasteiger partial charge in [0.15, 0.2) is 11.0 Å². The van der Waals surface area contributed by atoms with Crippen molar-refractivity contribution in [3.05, 3.63) is 40.4 Å². The van der Waals surface area contributed by atoms with Crippen LogP contribution in [0.3, 0.4) is 0 Å². The quantitative estimate of drug-likeness (QED) is 0.801. The van der Waals surface area contributed by atoms with Crippen LogP contribution in [0, 0.1) is 13.8 Å². The summed E-state index contributed by atoms with van der Waals surface area (Å²) in [5.41, 5.74) is 2.25. The molecule has 0 unspecified atom stereocenters. The summed E-state index contributed by atoms with van der Waals surface area (Å²) in [5.74, 6) is 0.404. The Balaban J connectivity index is 1.85. The molecule has 1 N–H and O–H groups in total. The van der Waals surface area contributed by atoms with Gasteiger partial charge < -0.3 is 0 Å². The summed E-state index contributed by atoms with van der Waals surface area (Å²) in [6.07, 6.45) is 0. The average molecular weight is 314 g/mol. The Morgan fingerprint density at radius 2 is 2.14 bits per heavy atom. The number of hydrogen-bond acceptors (Lipinski definition) is 6. The van der Waals surface area contributed by atoms with Gasteiger partial charge in [-0.15, -0.1) is 16.4 Å². The molecule has 3 aromatic rings. The molecule has 0 saturated carbocycles. The van der Waals surface area contributed by atoms with Crippen LogP contribution < -0.4 is 5.32 Å². The summed E-state index contributed by atoms with van der Waals surface area (Å²) in [7, 11) is 1.75. The lowest BCUT2D eigenvalue weighted by molar-refractivity contribution is 0.102. The third-order valence-electron chi connectivity index (χ3n) is 3.25. The molecule has 0 saturated heterocycles. The number of nitrogens with zero attached hydrogens (tertiary/aromatic N) is 5. The van der Waals surface area contributed by atoms with E-state index >= 15 is 0 Å². The molecule has 1 amide bonds. The van der Waals surface area contributed by atoms with Crippen molar-refractivity contribution in [3.63, 3.8) is 0 Å². The number of thiazole rings is 1. The molecule has 0 spiro atoms. The molecule has 0 aliphatic heterocycles. The molecule has 112 valence electrons. The van der Waals surface area contributed by atoms with Crippen LogP contribution >= 0.6 is 11.3 Å². The van der Waals surface area contributed by atoms with Crippen LogP contribution in [0.2, 0.25) is 0 Å². The average Bonchev–Trinajstić information content (AvgIpc) is 3.05. The van der Waals surface area contributed by atoms with E-state index in [1.807, 2.05) is 19.9 Å². The van der Waals surface area contributed by atoms with Crippen LogP contribution in [0.1, 0.15) is 20.9 Å². The topological polar surface area (TPSA) is 85.6 Å². The molecule has 1 aromatic carbocycles. The first kappa shape index (κ1) is 14.3. The highest BCUT2D eigenvalue weighted by Crippen LogP contribution is 2.22. The molecule has 0 aliphatic carbocycles. The van der Waals surface area contributed by atoms with E-state index in [-0.39, 0.29) is 5.91 Å². The van der Waals surface area contributed by atoms with Crippen molar-refractivity contribution in [2.45, 2.75) is 13.8 Å². The lowest BCUT2D eigenvalue weighted by Crippen LogP contribution is -2.11. The fourth-order valence-electron chi connectivity index (χ4n) is 1.97. The van der Waals surface area contributed by atoms with Crippen LogP contribution in [0.5, 0.6) is 0 Å². The van der Waals surface area contributed by atoms with Gasteiger partial charge in [-0.3, -0.25) is 10.1 Å². The highest BCUT2D eigenvalue weighted by atomic mass is 32.1. The lowest BCUT2D eigenvalue weighted by Gasteiger charge is -2.04. The molecule has 7 nitrogen and oxygen atoms in total. The van der Waals surface area contributed by atoms with Gasteiger partial charge in [0, 0.05) is 23.1 Å². The zero-order valence-electron chi connectivity index (χ0n) is 12.4. The maximum atomic E-state index is 12.3. The number of hydrogen-bond donors (Lipinski definition) is 1. The molecule has 22 heavy (non-hydrogen) atoms. The van der Waals surface area contributed by atoms with Gasteiger partial charge >= 0.3 is 0 Å². The number of benzene rings is 1. The van der Waals surface area contributed by atoms with Crippen LogP contribution in [0.15, 0.2) is 24.3 Å². The third-order valence-corrected chi connectivity index (χ3v) is 4.24. The van der Waals surface area contributed by atoms with Crippen molar-refractivity contribution >= 4 is 22.4 Å². The monoisotopic (exact) mass is 314 g/mol. The normalized spacial score (nSPS) is 10.7. The van der Waals surface area contributed by atoms with E-state index in [1.54, 1.807) is 29.9 Å². The molecule has 0 atom stereocenters. The van der Waals surface area contributed by atoms with Gasteiger partial charge in [0.1, 0.15) is 0 Å². The minimum atomic E-state index is -0.203. The van der Waals surface area contributed by atoms with Crippen LogP contribution in [-0.2, 0) is 7.05 Å². The summed E-state index contributed by atoms with van der Waals surface area (Å²) >= 11 is 1.46. The first-order chi connectivity index (χ1) is 10.5. The SMILES string of the molecule is Cc1nc(NC(=O)c2cccc(-c3nnnn3C)c2)sc1C. The molecule has 2 aromatic heterocycles. The van der Waals surface area contributed by atoms with E-state index in [0.29, 0.717) is 16.5 Å². The van der Waals surface area contributed by atoms with Crippen LogP contribution in [0.4, 0.5) is 5.13 Å². The number of carbonyl (C=O) groups excluding carboxylic acids is 1. The Morgan fingerprint density at radius 1 is 1.32 bits per heavy atom. The molecule has 0 fully saturated rings. The van der Waals surface area contributed by atoms with Gasteiger partial charge in [-0.2, -0.15) is 0 Å². The number of nitrogens with one attached hydrogen (secondary N) is 1. The van der Waals surface area contributed by atoms with Crippen molar-refractivity contribution in [2.75, 3.05) is 5.32 Å². The zero-order valence-corrected chi connectivity index (χ0v) is 13.2. The van der Waals surface area contributed by atoms with Crippen molar-refractivity contribution < 1.29 is 4.79 Å². The molecular formula is C14H14N6OS. The molecule has 0 bridgehead atoms. The number of amides is 1. The van der Waals surface area contributed by atoms with Gasteiger partial charge in [-0.1, -0.05) is 12.1 Å². The van der Waals surface area contributed by atoms with Crippen molar-refractivity contribution in [2.24, 2.45) is 7.05 Å². The molecular weight excluding hydrogens is 300 g/mol. The van der Waals surface area contributed by atoms with Gasteiger partial charge in [-0.05, 0) is 36.4 Å². The van der Waals surface area contributed by atoms with Gasteiger partial charge in [-0.25, -0.2) is 9.67 Å². The van der Waals surface area contributed by atoms with E-state index in [0.717, 1.165) is 16.1 Å². The fourth-order valence-corrected chi connectivity index (χ4v) is 2.78. The predicted octanol–water partition coefficient (Wildman–Crippen LogP) is 2.20. The van der Waals surface area contributed by atoms with Gasteiger partial charge in [0.2, 0.25) is 0 Å². The maximum Gasteiger partial charge on any atom is 0.257 e. The molecule has 8 heteroatoms. The number of tetrazole rings is 1. The Bertz CT molecular complexity index is 818. The standard InChI is InChI=1S/C14H14N6OS/c1-8-9(2)22-14(15-8)16-13(21)11-6-4-5-10(7-11)12-17-18-19-20(12)3/h4-7H,1-3H3,(H,15,16,21). The fraction of sp³-hybridized carbons (Fsp3) is 0.214. The van der Waals surface area contributed by atoms with E-state index in [1.165, 1.54) is 11.3 Å². The van der Waals surface area contributed by atoms with Gasteiger partial charge in [0.25, 0.3) is 5.91 Å². The third kappa shape index (κ3) is 2.73. The second-order valence-corrected chi connectivity index (χ2v) is 6.02. The second-order valence-electron chi connectivity index (χ2n) is 4.82. The summed E-state index contributed by atoms with van der Waals surface area (Å²) < 4.78 is 1.56. The molecule has 0 aliphatic rings. The zero-order chi connectivity index (χ0) is 15.7. The number of rotatable bonds is 3. The smallest absolute Gasteiger partial charge is 0.257 e. The summed E-state index contributed by atoms with van der Waals surface area (Å²) in [5, 5.41) is 14.8. The van der Waals surface area contributed by atoms with Gasteiger partial charge in [0.05, 0.1) is 5.69 Å². The summed E-state index contributed by atoms with van der Waals surface area (Å²) in [4.78, 5) is 17.7. The van der Waals surface area contributed by atoms with E-state index in [9.17, 15) is 4.79 Å². The maximum absolute atomic E-state index is 12.3. The number of carbonyl (C=O) groups is 1. The second kappa shape index (κ2) is 5.64. The minimum Gasteiger partial charge on any atom is -0.298 e. The Labute approximate surface area is 131 Å². The highest BCUT2D eigenvalue weighted by Gasteiger charge is 2.12. The largest absolute Gasteiger partial charge is 0.298 e. The minimum absolute atomic E-state index is 0.203. The van der Waals surface area contributed by atoms with E-state index in [2.05, 4.69) is 25.8 Å². The van der Waals surface area contributed by atoms with Crippen molar-refractivity contribution in [1.29, 1.82) is 0 Å². The summed E-state index contributed by atoms with van der Waals surface area (Å²) in [6.45, 7) is 3.90. The van der Waals surface area contributed by atoms with Crippen LogP contribution in [-0.4, -0.2) is 31.1 Å². The first-order valence-corrected chi connectivity index (χ1v) is 7.44. The number of aryl methyl sites for hydroxylation is 3. The van der Waals surface area contributed by atoms with E-state index in [4.69, 9.17) is 0 Å². The number of anilines is 1. The summed E-state index contributed by atoms with van der Waals surface area (Å²) in [6, 6.07) is 7.17. The van der Waals surface area contributed by atoms with Crippen LogP contribution in [0.25, 0.3) is 11.4 Å². The Morgan fingerprint density at radius 3 is 2.77 bits per heavy atom. The molecule has 0 radical (unpaired) electrons. The molecule has 2 heterocycles. The van der Waals surface area contributed by atoms with E-state index < -0.39 is 0 Å². The lowest BCUT2D eigenvalue weighted by atomic mass is 10.1.